The molecule has 4 heterocycles. The van der Waals surface area contributed by atoms with Crippen molar-refractivity contribution in [2.45, 2.75) is 84.0 Å². The van der Waals surface area contributed by atoms with Crippen molar-refractivity contribution in [1.82, 2.24) is 9.88 Å². The third-order valence-electron chi connectivity index (χ3n) is 7.12. The summed E-state index contributed by atoms with van der Waals surface area (Å²) < 4.78 is 5.86. The van der Waals surface area contributed by atoms with Crippen LogP contribution >= 0.6 is 0 Å². The van der Waals surface area contributed by atoms with Gasteiger partial charge in [-0.25, -0.2) is 4.98 Å². The smallest absolute Gasteiger partial charge is 0.857 e. The van der Waals surface area contributed by atoms with Gasteiger partial charge < -0.3 is 20.3 Å². The van der Waals surface area contributed by atoms with Crippen LogP contribution in [0.5, 0.6) is 0 Å². The first-order chi connectivity index (χ1) is 17.3. The van der Waals surface area contributed by atoms with Crippen molar-refractivity contribution in [3.05, 3.63) is 58.3 Å². The number of pyridine rings is 1. The number of nitrogens with one attached hydrogen (secondary N) is 1. The normalized spacial score (nSPS) is 18.3. The summed E-state index contributed by atoms with van der Waals surface area (Å²) in [6.07, 6.45) is 10.6. The topological polar surface area (TPSA) is 80.7 Å². The van der Waals surface area contributed by atoms with Crippen molar-refractivity contribution in [2.24, 2.45) is 0 Å². The van der Waals surface area contributed by atoms with Gasteiger partial charge in [-0.05, 0) is 99.2 Å². The van der Waals surface area contributed by atoms with Crippen molar-refractivity contribution in [1.29, 1.82) is 0 Å². The van der Waals surface area contributed by atoms with Crippen molar-refractivity contribution in [3.63, 3.8) is 0 Å². The summed E-state index contributed by atoms with van der Waals surface area (Å²) in [6, 6.07) is 11.0. The van der Waals surface area contributed by atoms with E-state index in [2.05, 4.69) is 52.5 Å². The van der Waals surface area contributed by atoms with Gasteiger partial charge >= 0.3 is 51.4 Å². The number of hydrogen-bond acceptors (Lipinski definition) is 6. The zero-order valence-corrected chi connectivity index (χ0v) is 25.9. The number of hydrogen-bond donors (Lipinski definition) is 2. The van der Waals surface area contributed by atoms with E-state index in [1.807, 2.05) is 0 Å². The molecule has 0 radical (unpaired) electrons. The molecule has 2 N–H and O–H groups in total. The third-order valence-corrected chi connectivity index (χ3v) is 7.12. The van der Waals surface area contributed by atoms with Gasteiger partial charge in [0.05, 0.1) is 12.7 Å². The first-order valence-electron chi connectivity index (χ1n) is 13.4. The average molecular weight is 522 g/mol. The van der Waals surface area contributed by atoms with Crippen LogP contribution < -0.4 is 61.8 Å². The number of fused-ring (bicyclic) bond motifs is 2. The van der Waals surface area contributed by atoms with E-state index >= 15 is 0 Å². The second kappa shape index (κ2) is 18.0. The molecule has 0 bridgehead atoms. The van der Waals surface area contributed by atoms with Crippen LogP contribution in [0.3, 0.4) is 0 Å². The summed E-state index contributed by atoms with van der Waals surface area (Å²) in [6.45, 7) is 8.04. The van der Waals surface area contributed by atoms with Gasteiger partial charge in [-0.3, -0.25) is 4.90 Å². The number of rotatable bonds is 7. The molecule has 6 nitrogen and oxygen atoms in total. The number of likely N-dealkylation sites (tertiary alicyclic amines) is 1. The van der Waals surface area contributed by atoms with Crippen LogP contribution in [0.4, 0.5) is 5.82 Å². The maximum absolute atomic E-state index is 8.70. The Morgan fingerprint density at radius 2 is 1.89 bits per heavy atom. The summed E-state index contributed by atoms with van der Waals surface area (Å²) in [5.74, 6) is 1.07. The Morgan fingerprint density at radius 3 is 2.64 bits per heavy atom. The summed E-state index contributed by atoms with van der Waals surface area (Å²) in [7, 11) is 0.750. The molecule has 7 heteroatoms. The fraction of sp³-hybridized carbons (Fsp3) is 0.621. The molecule has 1 atom stereocenters. The van der Waals surface area contributed by atoms with E-state index in [-0.39, 0.29) is 58.0 Å². The van der Waals surface area contributed by atoms with E-state index in [1.54, 1.807) is 5.56 Å². The van der Waals surface area contributed by atoms with Gasteiger partial charge in [0, 0.05) is 25.4 Å². The molecule has 3 aliphatic rings. The number of aromatic nitrogens is 1. The van der Waals surface area contributed by atoms with Crippen LogP contribution in [0, 0.1) is 0 Å². The quantitative estimate of drug-likeness (QED) is 0.416. The second-order valence-electron chi connectivity index (χ2n) is 9.60. The number of aryl methyl sites for hydroxylation is 2. The SMILES string of the molecule is CCC1Cc2c(cccc2CN2CCCC2)CO1.C[O-].OCCCCc1ccc2c(n1)NCCC2.[K+]. The van der Waals surface area contributed by atoms with Gasteiger partial charge in [0.2, 0.25) is 0 Å². The molecule has 1 fully saturated rings. The van der Waals surface area contributed by atoms with Crippen LogP contribution in [-0.4, -0.2) is 54.4 Å². The first-order valence-corrected chi connectivity index (χ1v) is 13.4. The predicted molar refractivity (Wildman–Crippen MR) is 141 cm³/mol. The minimum Gasteiger partial charge on any atom is -0.857 e. The minimum absolute atomic E-state index is 0. The molecular weight excluding hydrogens is 477 g/mol. The Morgan fingerprint density at radius 1 is 1.08 bits per heavy atom. The van der Waals surface area contributed by atoms with Crippen molar-refractivity contribution in [2.75, 3.05) is 38.7 Å². The molecule has 1 saturated heterocycles. The van der Waals surface area contributed by atoms with Crippen LogP contribution in [0.1, 0.15) is 73.4 Å². The Hall–Kier alpha value is -0.354. The zero-order chi connectivity index (χ0) is 24.9. The molecule has 5 rings (SSSR count). The molecule has 3 aliphatic heterocycles. The van der Waals surface area contributed by atoms with E-state index < -0.39 is 0 Å². The second-order valence-corrected chi connectivity index (χ2v) is 9.60. The molecule has 1 aromatic carbocycles. The molecule has 0 spiro atoms. The number of aliphatic hydroxyl groups is 1. The fourth-order valence-corrected chi connectivity index (χ4v) is 5.10. The molecule has 194 valence electrons. The average Bonchev–Trinajstić information content (AvgIpc) is 3.43. The van der Waals surface area contributed by atoms with E-state index in [0.29, 0.717) is 6.10 Å². The standard InChI is InChI=1S/C16H23NO.C12H18N2O.CH3O.K/c1-2-15-10-16-13(11-17-8-3-4-9-17)6-5-7-14(16)12-18-15;15-9-2-1-5-11-7-6-10-4-3-8-13-12(10)14-11;1-2;/h5-7,15H,2-4,8-12H2,1H3;6-7,15H,1-5,8-9H2,(H,13,14);1H3;/q;;-1;+1. The summed E-state index contributed by atoms with van der Waals surface area (Å²) >= 11 is 0. The maximum atomic E-state index is 8.70. The van der Waals surface area contributed by atoms with Crippen LogP contribution in [0.2, 0.25) is 0 Å². The molecule has 1 aromatic heterocycles. The van der Waals surface area contributed by atoms with Gasteiger partial charge in [-0.15, -0.1) is 0 Å². The number of ether oxygens (including phenoxy) is 1. The van der Waals surface area contributed by atoms with Gasteiger partial charge in [0.15, 0.2) is 0 Å². The Bertz CT molecular complexity index is 890. The van der Waals surface area contributed by atoms with Crippen molar-refractivity contribution >= 4 is 5.82 Å². The van der Waals surface area contributed by atoms with Gasteiger partial charge in [-0.2, -0.15) is 7.11 Å². The van der Waals surface area contributed by atoms with E-state index in [9.17, 15) is 0 Å². The summed E-state index contributed by atoms with van der Waals surface area (Å²) in [4.78, 5) is 7.18. The number of unbranched alkanes of at least 4 members (excludes halogenated alkanes) is 1. The number of nitrogens with zero attached hydrogens (tertiary/aromatic N) is 2. The van der Waals surface area contributed by atoms with E-state index in [0.717, 1.165) is 76.8 Å². The molecule has 0 aliphatic carbocycles. The monoisotopic (exact) mass is 521 g/mol. The molecule has 0 amide bonds. The fourth-order valence-electron chi connectivity index (χ4n) is 5.10. The van der Waals surface area contributed by atoms with Crippen molar-refractivity contribution in [3.8, 4) is 0 Å². The Labute approximate surface area is 260 Å². The summed E-state index contributed by atoms with van der Waals surface area (Å²) in [5.41, 5.74) is 7.00. The molecule has 1 unspecified atom stereocenters. The molecule has 2 aromatic rings. The van der Waals surface area contributed by atoms with Crippen molar-refractivity contribution < 1.29 is 66.3 Å². The van der Waals surface area contributed by atoms with Gasteiger partial charge in [0.1, 0.15) is 5.82 Å². The van der Waals surface area contributed by atoms with Gasteiger partial charge in [0.25, 0.3) is 0 Å². The Balaban J connectivity index is 0.000000235. The predicted octanol–water partition coefficient (Wildman–Crippen LogP) is 0.869. The Kier molecular flexibility index (Phi) is 16.0. The number of benzene rings is 1. The number of aliphatic hydroxyl groups excluding tert-OH is 1. The van der Waals surface area contributed by atoms with Crippen LogP contribution in [-0.2, 0) is 37.2 Å². The van der Waals surface area contributed by atoms with E-state index in [1.165, 1.54) is 49.0 Å². The summed E-state index contributed by atoms with van der Waals surface area (Å²) in [5, 5.41) is 20.3. The molecule has 36 heavy (non-hydrogen) atoms. The first kappa shape index (κ1) is 31.9. The van der Waals surface area contributed by atoms with Crippen LogP contribution in [0.25, 0.3) is 0 Å². The zero-order valence-electron chi connectivity index (χ0n) is 22.7. The van der Waals surface area contributed by atoms with Crippen LogP contribution in [0.15, 0.2) is 30.3 Å². The number of anilines is 1. The molecular formula is C29H44KN3O3. The maximum Gasteiger partial charge on any atom is 1.00 e. The molecule has 0 saturated carbocycles. The largest absolute Gasteiger partial charge is 1.00 e. The minimum atomic E-state index is 0. The third kappa shape index (κ3) is 9.75. The van der Waals surface area contributed by atoms with E-state index in [4.69, 9.17) is 14.9 Å². The van der Waals surface area contributed by atoms with Gasteiger partial charge in [-0.1, -0.05) is 31.2 Å².